The SMILES string of the molecule is Cc1cc(S(=O)(=O)NCc2cccnc2)cc(CO)c1F. The third-order valence-corrected chi connectivity index (χ3v) is 4.35. The van der Waals surface area contributed by atoms with Gasteiger partial charge in [-0.15, -0.1) is 0 Å². The highest BCUT2D eigenvalue weighted by atomic mass is 32.2. The molecule has 0 saturated heterocycles. The molecular formula is C14H15FN2O3S. The normalized spacial score (nSPS) is 11.6. The Morgan fingerprint density at radius 3 is 2.76 bits per heavy atom. The molecule has 21 heavy (non-hydrogen) atoms. The van der Waals surface area contributed by atoms with Gasteiger partial charge in [0, 0.05) is 24.5 Å². The highest BCUT2D eigenvalue weighted by Gasteiger charge is 2.17. The minimum absolute atomic E-state index is 0.0447. The summed E-state index contributed by atoms with van der Waals surface area (Å²) in [6, 6.07) is 5.81. The Morgan fingerprint density at radius 1 is 1.38 bits per heavy atom. The summed E-state index contributed by atoms with van der Waals surface area (Å²) in [5, 5.41) is 9.08. The van der Waals surface area contributed by atoms with Gasteiger partial charge in [-0.25, -0.2) is 17.5 Å². The Bertz CT molecular complexity index is 733. The lowest BCUT2D eigenvalue weighted by molar-refractivity contribution is 0.275. The van der Waals surface area contributed by atoms with E-state index in [1.165, 1.54) is 13.0 Å². The van der Waals surface area contributed by atoms with Crippen LogP contribution in [0, 0.1) is 12.7 Å². The molecule has 1 heterocycles. The maximum Gasteiger partial charge on any atom is 0.240 e. The van der Waals surface area contributed by atoms with Crippen molar-refractivity contribution in [1.29, 1.82) is 0 Å². The fraction of sp³-hybridized carbons (Fsp3) is 0.214. The summed E-state index contributed by atoms with van der Waals surface area (Å²) in [5.41, 5.74) is 0.836. The molecule has 2 N–H and O–H groups in total. The van der Waals surface area contributed by atoms with E-state index in [0.717, 1.165) is 6.07 Å². The molecule has 0 aliphatic carbocycles. The molecule has 0 aliphatic heterocycles. The fourth-order valence-electron chi connectivity index (χ4n) is 1.84. The maximum absolute atomic E-state index is 13.6. The van der Waals surface area contributed by atoms with Crippen molar-refractivity contribution in [3.8, 4) is 0 Å². The Hall–Kier alpha value is -1.83. The first-order valence-electron chi connectivity index (χ1n) is 6.22. The number of nitrogens with zero attached hydrogens (tertiary/aromatic N) is 1. The van der Waals surface area contributed by atoms with Crippen LogP contribution in [0.3, 0.4) is 0 Å². The van der Waals surface area contributed by atoms with Gasteiger partial charge in [0.05, 0.1) is 11.5 Å². The summed E-state index contributed by atoms with van der Waals surface area (Å²) >= 11 is 0. The number of aryl methyl sites for hydroxylation is 1. The van der Waals surface area contributed by atoms with E-state index in [2.05, 4.69) is 9.71 Å². The number of aromatic nitrogens is 1. The minimum Gasteiger partial charge on any atom is -0.392 e. The molecule has 5 nitrogen and oxygen atoms in total. The fourth-order valence-corrected chi connectivity index (χ4v) is 2.99. The van der Waals surface area contributed by atoms with E-state index < -0.39 is 22.4 Å². The number of rotatable bonds is 5. The summed E-state index contributed by atoms with van der Waals surface area (Å²) in [6.45, 7) is 0.980. The summed E-state index contributed by atoms with van der Waals surface area (Å²) in [4.78, 5) is 3.82. The predicted octanol–water partition coefficient (Wildman–Crippen LogP) is 1.50. The summed E-state index contributed by atoms with van der Waals surface area (Å²) in [5.74, 6) is -0.594. The average Bonchev–Trinajstić information content (AvgIpc) is 2.49. The molecule has 0 saturated carbocycles. The van der Waals surface area contributed by atoms with Crippen molar-refractivity contribution < 1.29 is 17.9 Å². The largest absolute Gasteiger partial charge is 0.392 e. The Balaban J connectivity index is 2.25. The number of aliphatic hydroxyl groups excluding tert-OH is 1. The molecular weight excluding hydrogens is 295 g/mol. The predicted molar refractivity (Wildman–Crippen MR) is 75.3 cm³/mol. The first kappa shape index (κ1) is 15.6. The van der Waals surface area contributed by atoms with Gasteiger partial charge in [0.15, 0.2) is 0 Å². The van der Waals surface area contributed by atoms with Crippen LogP contribution >= 0.6 is 0 Å². The van der Waals surface area contributed by atoms with Crippen LogP contribution in [0.4, 0.5) is 4.39 Å². The van der Waals surface area contributed by atoms with Crippen molar-refractivity contribution in [2.45, 2.75) is 25.0 Å². The molecule has 0 radical (unpaired) electrons. The van der Waals surface area contributed by atoms with E-state index in [4.69, 9.17) is 5.11 Å². The maximum atomic E-state index is 13.6. The number of nitrogens with one attached hydrogen (secondary N) is 1. The monoisotopic (exact) mass is 310 g/mol. The zero-order valence-corrected chi connectivity index (χ0v) is 12.2. The molecule has 2 rings (SSSR count). The topological polar surface area (TPSA) is 79.3 Å². The van der Waals surface area contributed by atoms with Crippen LogP contribution < -0.4 is 4.72 Å². The Labute approximate surface area is 122 Å². The van der Waals surface area contributed by atoms with Crippen LogP contribution in [-0.4, -0.2) is 18.5 Å². The van der Waals surface area contributed by atoms with E-state index in [-0.39, 0.29) is 22.6 Å². The van der Waals surface area contributed by atoms with E-state index >= 15 is 0 Å². The molecule has 2 aromatic rings. The summed E-state index contributed by atoms with van der Waals surface area (Å²) in [7, 11) is -3.79. The molecule has 0 amide bonds. The van der Waals surface area contributed by atoms with Crippen LogP contribution in [-0.2, 0) is 23.2 Å². The molecule has 0 fully saturated rings. The number of halogens is 1. The third kappa shape index (κ3) is 3.63. The number of aliphatic hydroxyl groups is 1. The number of pyridine rings is 1. The van der Waals surface area contributed by atoms with Gasteiger partial charge >= 0.3 is 0 Å². The zero-order chi connectivity index (χ0) is 15.5. The molecule has 0 aliphatic rings. The molecule has 112 valence electrons. The van der Waals surface area contributed by atoms with Gasteiger partial charge in [-0.05, 0) is 36.2 Å². The second-order valence-electron chi connectivity index (χ2n) is 4.56. The lowest BCUT2D eigenvalue weighted by atomic mass is 10.1. The van der Waals surface area contributed by atoms with Crippen LogP contribution in [0.5, 0.6) is 0 Å². The molecule has 1 aromatic carbocycles. The highest BCUT2D eigenvalue weighted by Crippen LogP contribution is 2.19. The molecule has 0 bridgehead atoms. The van der Waals surface area contributed by atoms with Gasteiger partial charge in [0.2, 0.25) is 10.0 Å². The number of sulfonamides is 1. The molecule has 0 unspecified atom stereocenters. The Kier molecular flexibility index (Phi) is 4.66. The Morgan fingerprint density at radius 2 is 2.14 bits per heavy atom. The molecule has 7 heteroatoms. The smallest absolute Gasteiger partial charge is 0.240 e. The van der Waals surface area contributed by atoms with Gasteiger partial charge in [-0.2, -0.15) is 0 Å². The van der Waals surface area contributed by atoms with Crippen molar-refractivity contribution in [3.05, 3.63) is 59.2 Å². The van der Waals surface area contributed by atoms with Crippen molar-refractivity contribution >= 4 is 10.0 Å². The van der Waals surface area contributed by atoms with Crippen LogP contribution in [0.2, 0.25) is 0 Å². The van der Waals surface area contributed by atoms with Crippen molar-refractivity contribution in [2.24, 2.45) is 0 Å². The molecule has 0 spiro atoms. The standard InChI is InChI=1S/C14H15FN2O3S/c1-10-5-13(6-12(9-18)14(10)15)21(19,20)17-8-11-3-2-4-16-7-11/h2-7,17-18H,8-9H2,1H3. The van der Waals surface area contributed by atoms with Crippen LogP contribution in [0.15, 0.2) is 41.6 Å². The first-order valence-corrected chi connectivity index (χ1v) is 7.71. The van der Waals surface area contributed by atoms with E-state index in [9.17, 15) is 12.8 Å². The van der Waals surface area contributed by atoms with E-state index in [1.807, 2.05) is 0 Å². The van der Waals surface area contributed by atoms with Gasteiger partial charge in [-0.1, -0.05) is 6.07 Å². The van der Waals surface area contributed by atoms with Gasteiger partial charge in [-0.3, -0.25) is 4.98 Å². The number of benzene rings is 1. The third-order valence-electron chi connectivity index (χ3n) is 2.97. The quantitative estimate of drug-likeness (QED) is 0.877. The number of hydrogen-bond donors (Lipinski definition) is 2. The van der Waals surface area contributed by atoms with Crippen molar-refractivity contribution in [1.82, 2.24) is 9.71 Å². The average molecular weight is 310 g/mol. The molecule has 1 aromatic heterocycles. The second kappa shape index (κ2) is 6.30. The van der Waals surface area contributed by atoms with Gasteiger partial charge in [0.1, 0.15) is 5.82 Å². The van der Waals surface area contributed by atoms with Gasteiger partial charge in [0.25, 0.3) is 0 Å². The first-order chi connectivity index (χ1) is 9.94. The minimum atomic E-state index is -3.79. The van der Waals surface area contributed by atoms with Crippen LogP contribution in [0.1, 0.15) is 16.7 Å². The molecule has 0 atom stereocenters. The second-order valence-corrected chi connectivity index (χ2v) is 6.32. The van der Waals surface area contributed by atoms with E-state index in [1.54, 1.807) is 24.5 Å². The van der Waals surface area contributed by atoms with Crippen molar-refractivity contribution in [3.63, 3.8) is 0 Å². The van der Waals surface area contributed by atoms with Crippen LogP contribution in [0.25, 0.3) is 0 Å². The van der Waals surface area contributed by atoms with Crippen molar-refractivity contribution in [2.75, 3.05) is 0 Å². The number of hydrogen-bond acceptors (Lipinski definition) is 4. The lowest BCUT2D eigenvalue weighted by Crippen LogP contribution is -2.23. The zero-order valence-electron chi connectivity index (χ0n) is 11.4. The van der Waals surface area contributed by atoms with Gasteiger partial charge < -0.3 is 5.11 Å². The highest BCUT2D eigenvalue weighted by molar-refractivity contribution is 7.89. The lowest BCUT2D eigenvalue weighted by Gasteiger charge is -2.10. The summed E-state index contributed by atoms with van der Waals surface area (Å²) in [6.07, 6.45) is 3.15. The summed E-state index contributed by atoms with van der Waals surface area (Å²) < 4.78 is 40.5. The van der Waals surface area contributed by atoms with E-state index in [0.29, 0.717) is 5.56 Å².